The Bertz CT molecular complexity index is 581. The van der Waals surface area contributed by atoms with Gasteiger partial charge in [-0.3, -0.25) is 14.9 Å². The van der Waals surface area contributed by atoms with Crippen molar-refractivity contribution in [3.63, 3.8) is 0 Å². The molecule has 0 aliphatic carbocycles. The third kappa shape index (κ3) is 3.48. The van der Waals surface area contributed by atoms with Crippen LogP contribution in [0.1, 0.15) is 6.92 Å². The fourth-order valence-electron chi connectivity index (χ4n) is 1.41. The summed E-state index contributed by atoms with van der Waals surface area (Å²) in [5, 5.41) is 19.1. The summed E-state index contributed by atoms with van der Waals surface area (Å²) in [5.41, 5.74) is -0.236. The van der Waals surface area contributed by atoms with E-state index in [-0.39, 0.29) is 17.1 Å². The molecule has 0 saturated heterocycles. The summed E-state index contributed by atoms with van der Waals surface area (Å²) in [6, 6.07) is 4.28. The summed E-state index contributed by atoms with van der Waals surface area (Å²) in [5.74, 6) is -1.27. The highest BCUT2D eigenvalue weighted by molar-refractivity contribution is 7.89. The zero-order chi connectivity index (χ0) is 14.6. The van der Waals surface area contributed by atoms with Crippen LogP contribution in [0.25, 0.3) is 0 Å². The number of carboxylic acid groups (broad SMARTS) is 1. The van der Waals surface area contributed by atoms with Crippen LogP contribution in [-0.4, -0.2) is 41.8 Å². The number of rotatable bonds is 6. The lowest BCUT2D eigenvalue weighted by atomic mass is 10.3. The van der Waals surface area contributed by atoms with Gasteiger partial charge in [-0.15, -0.1) is 0 Å². The molecule has 9 heteroatoms. The van der Waals surface area contributed by atoms with E-state index >= 15 is 0 Å². The molecular weight excluding hydrogens is 276 g/mol. The fourth-order valence-corrected chi connectivity index (χ4v) is 2.80. The molecule has 1 aromatic rings. The van der Waals surface area contributed by atoms with Crippen molar-refractivity contribution in [1.82, 2.24) is 4.31 Å². The summed E-state index contributed by atoms with van der Waals surface area (Å²) in [7, 11) is -3.96. The molecule has 0 spiro atoms. The van der Waals surface area contributed by atoms with E-state index in [1.807, 2.05) is 0 Å². The van der Waals surface area contributed by atoms with Crippen LogP contribution < -0.4 is 0 Å². The van der Waals surface area contributed by atoms with Crippen molar-refractivity contribution in [2.45, 2.75) is 11.8 Å². The Morgan fingerprint density at radius 3 is 2.26 bits per heavy atom. The molecule has 19 heavy (non-hydrogen) atoms. The van der Waals surface area contributed by atoms with Gasteiger partial charge in [-0.2, -0.15) is 4.31 Å². The van der Waals surface area contributed by atoms with Crippen LogP contribution in [0.3, 0.4) is 0 Å². The number of benzene rings is 1. The summed E-state index contributed by atoms with van der Waals surface area (Å²) in [4.78, 5) is 20.2. The van der Waals surface area contributed by atoms with Gasteiger partial charge in [0.25, 0.3) is 5.69 Å². The summed E-state index contributed by atoms with van der Waals surface area (Å²) in [6.45, 7) is 0.841. The first-order valence-corrected chi connectivity index (χ1v) is 6.69. The third-order valence-corrected chi connectivity index (χ3v) is 4.28. The molecular formula is C10H12N2O6S. The largest absolute Gasteiger partial charge is 0.480 e. The van der Waals surface area contributed by atoms with Gasteiger partial charge in [0, 0.05) is 18.7 Å². The molecule has 0 atom stereocenters. The number of nitro groups is 1. The molecule has 0 heterocycles. The zero-order valence-corrected chi connectivity index (χ0v) is 10.8. The first-order valence-electron chi connectivity index (χ1n) is 5.25. The highest BCUT2D eigenvalue weighted by atomic mass is 32.2. The van der Waals surface area contributed by atoms with Crippen LogP contribution >= 0.6 is 0 Å². The number of likely N-dealkylation sites (N-methyl/N-ethyl adjacent to an activating group) is 1. The molecule has 104 valence electrons. The average molecular weight is 288 g/mol. The zero-order valence-electron chi connectivity index (χ0n) is 10.0. The average Bonchev–Trinajstić information content (AvgIpc) is 2.35. The van der Waals surface area contributed by atoms with Gasteiger partial charge in [-0.1, -0.05) is 6.92 Å². The Balaban J connectivity index is 3.11. The lowest BCUT2D eigenvalue weighted by Crippen LogP contribution is -2.35. The highest BCUT2D eigenvalue weighted by Gasteiger charge is 2.25. The van der Waals surface area contributed by atoms with E-state index in [0.717, 1.165) is 28.6 Å². The Kier molecular flexibility index (Phi) is 4.57. The summed E-state index contributed by atoms with van der Waals surface area (Å²) in [6.07, 6.45) is 0. The van der Waals surface area contributed by atoms with Crippen LogP contribution in [-0.2, 0) is 14.8 Å². The Morgan fingerprint density at radius 2 is 1.89 bits per heavy atom. The molecule has 0 amide bonds. The van der Waals surface area contributed by atoms with Crippen molar-refractivity contribution in [1.29, 1.82) is 0 Å². The minimum absolute atomic E-state index is 0.00831. The van der Waals surface area contributed by atoms with E-state index < -0.39 is 27.5 Å². The van der Waals surface area contributed by atoms with Crippen LogP contribution in [0.4, 0.5) is 5.69 Å². The maximum Gasteiger partial charge on any atom is 0.318 e. The molecule has 0 aliphatic rings. The van der Waals surface area contributed by atoms with Crippen LogP contribution in [0.2, 0.25) is 0 Å². The fraction of sp³-hybridized carbons (Fsp3) is 0.300. The Morgan fingerprint density at radius 1 is 1.37 bits per heavy atom. The number of carbonyl (C=O) groups is 1. The molecule has 1 rings (SSSR count). The third-order valence-electron chi connectivity index (χ3n) is 2.35. The van der Waals surface area contributed by atoms with Gasteiger partial charge in [0.05, 0.1) is 9.82 Å². The normalized spacial score (nSPS) is 11.5. The highest BCUT2D eigenvalue weighted by Crippen LogP contribution is 2.19. The standard InChI is InChI=1S/C10H12N2O6S/c1-2-11(7-10(13)14)19(17,18)9-5-3-8(4-6-9)12(15)16/h3-6H,2,7H2,1H3,(H,13,14). The van der Waals surface area contributed by atoms with Gasteiger partial charge >= 0.3 is 5.97 Å². The summed E-state index contributed by atoms with van der Waals surface area (Å²) >= 11 is 0. The molecule has 0 fully saturated rings. The van der Waals surface area contributed by atoms with Gasteiger partial charge in [0.15, 0.2) is 0 Å². The number of carboxylic acids is 1. The predicted octanol–water partition coefficient (Wildman–Crippen LogP) is 0.690. The Labute approximate surface area is 109 Å². The minimum atomic E-state index is -3.96. The Hall–Kier alpha value is -2.00. The molecule has 0 aliphatic heterocycles. The lowest BCUT2D eigenvalue weighted by Gasteiger charge is -2.18. The number of aliphatic carboxylic acids is 1. The number of nitro benzene ring substituents is 1. The van der Waals surface area contributed by atoms with Crippen LogP contribution in [0, 0.1) is 10.1 Å². The second-order valence-electron chi connectivity index (χ2n) is 3.58. The molecule has 0 bridgehead atoms. The van der Waals surface area contributed by atoms with Gasteiger partial charge in [0.1, 0.15) is 6.54 Å². The summed E-state index contributed by atoms with van der Waals surface area (Å²) < 4.78 is 24.9. The lowest BCUT2D eigenvalue weighted by molar-refractivity contribution is -0.384. The first kappa shape index (κ1) is 15.1. The maximum absolute atomic E-state index is 12.1. The quantitative estimate of drug-likeness (QED) is 0.607. The van der Waals surface area contributed by atoms with E-state index in [9.17, 15) is 23.3 Å². The molecule has 0 aromatic heterocycles. The van der Waals surface area contributed by atoms with E-state index in [0.29, 0.717) is 0 Å². The molecule has 8 nitrogen and oxygen atoms in total. The number of hydrogen-bond acceptors (Lipinski definition) is 5. The number of non-ortho nitro benzene ring substituents is 1. The molecule has 1 N–H and O–H groups in total. The maximum atomic E-state index is 12.1. The van der Waals surface area contributed by atoms with Crippen molar-refractivity contribution < 1.29 is 23.2 Å². The van der Waals surface area contributed by atoms with E-state index in [1.165, 1.54) is 6.92 Å². The van der Waals surface area contributed by atoms with Gasteiger partial charge in [-0.25, -0.2) is 8.42 Å². The van der Waals surface area contributed by atoms with Crippen molar-refractivity contribution >= 4 is 21.7 Å². The number of hydrogen-bond donors (Lipinski definition) is 1. The SMILES string of the molecule is CCN(CC(=O)O)S(=O)(=O)c1ccc([N+](=O)[O-])cc1. The molecule has 0 unspecified atom stereocenters. The predicted molar refractivity (Wildman–Crippen MR) is 65.2 cm³/mol. The van der Waals surface area contributed by atoms with E-state index in [2.05, 4.69) is 0 Å². The van der Waals surface area contributed by atoms with Gasteiger partial charge < -0.3 is 5.11 Å². The van der Waals surface area contributed by atoms with Crippen molar-refractivity contribution in [2.24, 2.45) is 0 Å². The second-order valence-corrected chi connectivity index (χ2v) is 5.51. The topological polar surface area (TPSA) is 118 Å². The van der Waals surface area contributed by atoms with Crippen molar-refractivity contribution in [3.05, 3.63) is 34.4 Å². The smallest absolute Gasteiger partial charge is 0.318 e. The van der Waals surface area contributed by atoms with Gasteiger partial charge in [-0.05, 0) is 12.1 Å². The van der Waals surface area contributed by atoms with Crippen LogP contribution in [0.5, 0.6) is 0 Å². The van der Waals surface area contributed by atoms with E-state index in [4.69, 9.17) is 5.11 Å². The molecule has 1 aromatic carbocycles. The van der Waals surface area contributed by atoms with E-state index in [1.54, 1.807) is 0 Å². The van der Waals surface area contributed by atoms with Crippen molar-refractivity contribution in [2.75, 3.05) is 13.1 Å². The minimum Gasteiger partial charge on any atom is -0.480 e. The molecule has 0 saturated carbocycles. The second kappa shape index (κ2) is 5.76. The number of nitrogens with zero attached hydrogens (tertiary/aromatic N) is 2. The first-order chi connectivity index (χ1) is 8.78. The van der Waals surface area contributed by atoms with Gasteiger partial charge in [0.2, 0.25) is 10.0 Å². The molecule has 0 radical (unpaired) electrons. The van der Waals surface area contributed by atoms with Crippen molar-refractivity contribution in [3.8, 4) is 0 Å². The monoisotopic (exact) mass is 288 g/mol. The number of sulfonamides is 1. The van der Waals surface area contributed by atoms with Crippen LogP contribution in [0.15, 0.2) is 29.2 Å².